The van der Waals surface area contributed by atoms with Crippen LogP contribution < -0.4 is 22.0 Å². The van der Waals surface area contributed by atoms with Gasteiger partial charge in [-0.3, -0.25) is 9.36 Å². The quantitative estimate of drug-likeness (QED) is 0.823. The van der Waals surface area contributed by atoms with Gasteiger partial charge in [-0.1, -0.05) is 13.8 Å². The maximum Gasteiger partial charge on any atom is 0.351 e. The molecule has 0 bridgehead atoms. The number of halogens is 1. The lowest BCUT2D eigenvalue weighted by atomic mass is 10.0. The van der Waals surface area contributed by atoms with Crippen molar-refractivity contribution >= 4 is 16.9 Å². The van der Waals surface area contributed by atoms with Crippen LogP contribution in [0.3, 0.4) is 0 Å². The fourth-order valence-corrected chi connectivity index (χ4v) is 3.42. The number of anilines is 1. The van der Waals surface area contributed by atoms with Gasteiger partial charge in [0.15, 0.2) is 17.3 Å². The third-order valence-electron chi connectivity index (χ3n) is 5.23. The summed E-state index contributed by atoms with van der Waals surface area (Å²) in [6.45, 7) is 5.66. The third kappa shape index (κ3) is 2.12. The summed E-state index contributed by atoms with van der Waals surface area (Å²) in [5, 5.41) is 0.0468. The molecule has 2 atom stereocenters. The van der Waals surface area contributed by atoms with Crippen molar-refractivity contribution in [2.45, 2.75) is 32.7 Å². The molecule has 4 rings (SSSR count). The lowest BCUT2D eigenvalue weighted by Gasteiger charge is -2.19. The molecular weight excluding hydrogens is 313 g/mol. The first-order valence-electron chi connectivity index (χ1n) is 8.26. The second-order valence-electron chi connectivity index (χ2n) is 7.08. The van der Waals surface area contributed by atoms with Gasteiger partial charge in [0.1, 0.15) is 0 Å². The Bertz CT molecular complexity index is 936. The second kappa shape index (κ2) is 5.06. The summed E-state index contributed by atoms with van der Waals surface area (Å²) in [6, 6.07) is 1.15. The molecule has 8 heteroatoms. The number of hydrogen-bond donors (Lipinski definition) is 1. The highest BCUT2D eigenvalue weighted by atomic mass is 19.1. The summed E-state index contributed by atoms with van der Waals surface area (Å²) < 4.78 is 16.6. The first-order chi connectivity index (χ1) is 11.4. The fraction of sp³-hybridized carbons (Fsp3) is 0.562. The van der Waals surface area contributed by atoms with Crippen LogP contribution in [0.25, 0.3) is 11.0 Å². The first-order valence-corrected chi connectivity index (χ1v) is 8.26. The van der Waals surface area contributed by atoms with Crippen molar-refractivity contribution in [2.75, 3.05) is 23.8 Å². The zero-order chi connectivity index (χ0) is 17.2. The predicted molar refractivity (Wildman–Crippen MR) is 89.2 cm³/mol. The molecular formula is C16H20FN5O2. The molecule has 2 aromatic heterocycles. The monoisotopic (exact) mass is 333 g/mol. The maximum absolute atomic E-state index is 14.6. The first kappa shape index (κ1) is 15.2. The van der Waals surface area contributed by atoms with Crippen LogP contribution in [0.1, 0.15) is 32.7 Å². The van der Waals surface area contributed by atoms with E-state index in [1.165, 1.54) is 4.57 Å². The van der Waals surface area contributed by atoms with Crippen LogP contribution in [0.4, 0.5) is 10.2 Å². The van der Waals surface area contributed by atoms with Gasteiger partial charge in [0.05, 0.1) is 5.39 Å². The van der Waals surface area contributed by atoms with Crippen LogP contribution in [0.2, 0.25) is 0 Å². The van der Waals surface area contributed by atoms with Gasteiger partial charge in [-0.05, 0) is 30.7 Å². The van der Waals surface area contributed by atoms with Gasteiger partial charge in [0.2, 0.25) is 0 Å². The molecule has 2 aromatic rings. The largest absolute Gasteiger partial charge is 0.354 e. The van der Waals surface area contributed by atoms with E-state index in [1.807, 2.05) is 4.90 Å². The van der Waals surface area contributed by atoms with E-state index in [-0.39, 0.29) is 22.9 Å². The minimum absolute atomic E-state index is 0.0161. The number of fused-ring (bicyclic) bond motifs is 1. The zero-order valence-corrected chi connectivity index (χ0v) is 13.7. The highest BCUT2D eigenvalue weighted by molar-refractivity contribution is 5.77. The molecule has 0 radical (unpaired) electrons. The van der Waals surface area contributed by atoms with E-state index in [2.05, 4.69) is 18.8 Å². The number of aromatic nitrogens is 3. The van der Waals surface area contributed by atoms with Crippen LogP contribution in [0, 0.1) is 17.7 Å². The fourth-order valence-electron chi connectivity index (χ4n) is 3.42. The molecule has 24 heavy (non-hydrogen) atoms. The number of nitrogens with zero attached hydrogens (tertiary/aromatic N) is 4. The van der Waals surface area contributed by atoms with E-state index in [9.17, 15) is 14.0 Å². The van der Waals surface area contributed by atoms with Crippen molar-refractivity contribution < 1.29 is 4.39 Å². The molecule has 1 saturated heterocycles. The molecule has 128 valence electrons. The van der Waals surface area contributed by atoms with Crippen molar-refractivity contribution in [3.8, 4) is 0 Å². The third-order valence-corrected chi connectivity index (χ3v) is 5.23. The Labute approximate surface area is 137 Å². The van der Waals surface area contributed by atoms with E-state index in [0.717, 1.165) is 18.9 Å². The molecule has 7 nitrogen and oxygen atoms in total. The Kier molecular flexibility index (Phi) is 3.20. The number of nitrogens with two attached hydrogens (primary N) is 1. The minimum atomic E-state index is -0.715. The van der Waals surface area contributed by atoms with Crippen molar-refractivity contribution in [3.05, 3.63) is 32.7 Å². The maximum atomic E-state index is 14.6. The van der Waals surface area contributed by atoms with Crippen LogP contribution in [0.5, 0.6) is 0 Å². The molecule has 2 fully saturated rings. The molecule has 0 amide bonds. The molecule has 0 aromatic carbocycles. The van der Waals surface area contributed by atoms with Crippen LogP contribution in [-0.2, 0) is 0 Å². The smallest absolute Gasteiger partial charge is 0.351 e. The molecule has 0 spiro atoms. The Morgan fingerprint density at radius 2 is 1.83 bits per heavy atom. The van der Waals surface area contributed by atoms with Crippen molar-refractivity contribution in [3.63, 3.8) is 0 Å². The molecule has 0 unspecified atom stereocenters. The van der Waals surface area contributed by atoms with Gasteiger partial charge in [0, 0.05) is 19.1 Å². The predicted octanol–water partition coefficient (Wildman–Crippen LogP) is 0.838. The van der Waals surface area contributed by atoms with Crippen molar-refractivity contribution in [2.24, 2.45) is 11.8 Å². The van der Waals surface area contributed by atoms with Gasteiger partial charge in [0.25, 0.3) is 5.56 Å². The van der Waals surface area contributed by atoms with E-state index in [0.29, 0.717) is 29.6 Å². The lowest BCUT2D eigenvalue weighted by molar-refractivity contribution is 0.494. The summed E-state index contributed by atoms with van der Waals surface area (Å²) in [5.74, 6) is 6.10. The lowest BCUT2D eigenvalue weighted by Crippen LogP contribution is -2.44. The molecule has 2 N–H and O–H groups in total. The highest BCUT2D eigenvalue weighted by Gasteiger charge is 2.32. The van der Waals surface area contributed by atoms with Crippen molar-refractivity contribution in [1.29, 1.82) is 0 Å². The summed E-state index contributed by atoms with van der Waals surface area (Å²) >= 11 is 0. The SMILES string of the molecule is C[C@H]1CN(c2nc3c(cc2F)c(=O)n(N)c(=O)n3C2CC2)C[C@@H]1C. The minimum Gasteiger partial charge on any atom is -0.354 e. The Morgan fingerprint density at radius 1 is 1.21 bits per heavy atom. The van der Waals surface area contributed by atoms with Crippen LogP contribution in [-0.4, -0.2) is 27.3 Å². The van der Waals surface area contributed by atoms with Gasteiger partial charge in [-0.15, -0.1) is 0 Å². The summed E-state index contributed by atoms with van der Waals surface area (Å²) in [6.07, 6.45) is 1.67. The van der Waals surface area contributed by atoms with E-state index in [1.54, 1.807) is 0 Å². The average molecular weight is 333 g/mol. The number of rotatable bonds is 2. The summed E-state index contributed by atoms with van der Waals surface area (Å²) in [7, 11) is 0. The highest BCUT2D eigenvalue weighted by Crippen LogP contribution is 2.36. The Balaban J connectivity index is 1.97. The van der Waals surface area contributed by atoms with E-state index < -0.39 is 17.1 Å². The number of nitrogen functional groups attached to an aromatic ring is 1. The van der Waals surface area contributed by atoms with Gasteiger partial charge in [-0.25, -0.2) is 14.2 Å². The van der Waals surface area contributed by atoms with Gasteiger partial charge >= 0.3 is 5.69 Å². The Hall–Kier alpha value is -2.38. The number of pyridine rings is 1. The van der Waals surface area contributed by atoms with Gasteiger partial charge in [-0.2, -0.15) is 4.68 Å². The zero-order valence-electron chi connectivity index (χ0n) is 13.7. The summed E-state index contributed by atoms with van der Waals surface area (Å²) in [4.78, 5) is 30.9. The molecule has 1 aliphatic carbocycles. The molecule has 1 saturated carbocycles. The molecule has 3 heterocycles. The average Bonchev–Trinajstić information content (AvgIpc) is 3.32. The topological polar surface area (TPSA) is 86.2 Å². The van der Waals surface area contributed by atoms with Crippen molar-refractivity contribution in [1.82, 2.24) is 14.2 Å². The van der Waals surface area contributed by atoms with Crippen LogP contribution in [0.15, 0.2) is 15.7 Å². The van der Waals surface area contributed by atoms with Gasteiger partial charge < -0.3 is 10.7 Å². The standard InChI is InChI=1S/C16H20FN5O2/c1-8-6-20(7-9(8)2)14-12(17)5-11-13(19-14)21(10-3-4-10)16(24)22(18)15(11)23/h5,8-10H,3-4,6-7,18H2,1-2H3/t8-,9-/m0/s1. The molecule has 2 aliphatic rings. The Morgan fingerprint density at radius 3 is 2.42 bits per heavy atom. The normalized spacial score (nSPS) is 24.0. The number of hydrogen-bond acceptors (Lipinski definition) is 5. The second-order valence-corrected chi connectivity index (χ2v) is 7.08. The van der Waals surface area contributed by atoms with Crippen LogP contribution >= 0.6 is 0 Å². The van der Waals surface area contributed by atoms with E-state index in [4.69, 9.17) is 5.84 Å². The molecule has 1 aliphatic heterocycles. The van der Waals surface area contributed by atoms with E-state index >= 15 is 0 Å². The summed E-state index contributed by atoms with van der Waals surface area (Å²) in [5.41, 5.74) is -1.07.